The molecule has 0 radical (unpaired) electrons. The molecule has 112 valence electrons. The minimum absolute atomic E-state index is 0.102. The van der Waals surface area contributed by atoms with Gasteiger partial charge >= 0.3 is 5.69 Å². The van der Waals surface area contributed by atoms with Crippen LogP contribution in [0.25, 0.3) is 0 Å². The summed E-state index contributed by atoms with van der Waals surface area (Å²) >= 11 is 0. The number of nitrogens with zero attached hydrogens (tertiary/aromatic N) is 3. The van der Waals surface area contributed by atoms with Crippen molar-refractivity contribution in [3.05, 3.63) is 15.8 Å². The zero-order valence-electron chi connectivity index (χ0n) is 12.1. The van der Waals surface area contributed by atoms with Crippen molar-refractivity contribution in [1.82, 2.24) is 9.78 Å². The number of ether oxygens (including phenoxy) is 1. The third-order valence-electron chi connectivity index (χ3n) is 3.53. The van der Waals surface area contributed by atoms with Gasteiger partial charge in [0.25, 0.3) is 0 Å². The minimum atomic E-state index is -0.345. The Balaban J connectivity index is 2.11. The molecule has 0 bridgehead atoms. The van der Waals surface area contributed by atoms with E-state index in [9.17, 15) is 10.1 Å². The predicted octanol–water partition coefficient (Wildman–Crippen LogP) is 2.26. The van der Waals surface area contributed by atoms with E-state index in [-0.39, 0.29) is 16.7 Å². The second-order valence-corrected chi connectivity index (χ2v) is 5.14. The summed E-state index contributed by atoms with van der Waals surface area (Å²) in [6.45, 7) is 3.36. The largest absolute Gasteiger partial charge is 0.376 e. The van der Waals surface area contributed by atoms with Crippen molar-refractivity contribution in [2.45, 2.75) is 45.1 Å². The van der Waals surface area contributed by atoms with Crippen LogP contribution >= 0.6 is 0 Å². The fourth-order valence-electron chi connectivity index (χ4n) is 2.54. The van der Waals surface area contributed by atoms with E-state index in [4.69, 9.17) is 4.74 Å². The van der Waals surface area contributed by atoms with Crippen LogP contribution in [0.15, 0.2) is 0 Å². The Labute approximate surface area is 118 Å². The second kappa shape index (κ2) is 6.69. The molecule has 1 atom stereocenters. The van der Waals surface area contributed by atoms with Crippen LogP contribution in [-0.2, 0) is 18.2 Å². The maximum Gasteiger partial charge on any atom is 0.333 e. The molecule has 20 heavy (non-hydrogen) atoms. The number of aromatic nitrogens is 2. The maximum absolute atomic E-state index is 11.3. The van der Waals surface area contributed by atoms with Crippen LogP contribution in [0.5, 0.6) is 0 Å². The number of aryl methyl sites for hydroxylation is 2. The molecule has 2 heterocycles. The van der Waals surface area contributed by atoms with E-state index in [0.29, 0.717) is 24.5 Å². The monoisotopic (exact) mass is 282 g/mol. The highest BCUT2D eigenvalue weighted by molar-refractivity contribution is 5.59. The summed E-state index contributed by atoms with van der Waals surface area (Å²) in [5, 5.41) is 18.7. The highest BCUT2D eigenvalue weighted by Gasteiger charge is 2.26. The van der Waals surface area contributed by atoms with E-state index < -0.39 is 0 Å². The summed E-state index contributed by atoms with van der Waals surface area (Å²) in [6.07, 6.45) is 4.84. The molecule has 0 aromatic carbocycles. The van der Waals surface area contributed by atoms with Crippen LogP contribution < -0.4 is 5.32 Å². The summed E-state index contributed by atoms with van der Waals surface area (Å²) in [7, 11) is 1.73. The standard InChI is InChI=1S/C13H22N4O3/c1-3-6-11-12(17(18)19)13(16(2)15-11)14-9-10-7-4-5-8-20-10/h10,14H,3-9H2,1-2H3. The SMILES string of the molecule is CCCc1nn(C)c(NCC2CCCCO2)c1[N+](=O)[O-]. The lowest BCUT2D eigenvalue weighted by molar-refractivity contribution is -0.384. The molecule has 7 nitrogen and oxygen atoms in total. The van der Waals surface area contributed by atoms with Crippen molar-refractivity contribution in [1.29, 1.82) is 0 Å². The topological polar surface area (TPSA) is 82.2 Å². The van der Waals surface area contributed by atoms with E-state index in [1.807, 2.05) is 6.92 Å². The molecule has 1 aliphatic heterocycles. The van der Waals surface area contributed by atoms with Gasteiger partial charge in [0.1, 0.15) is 5.69 Å². The fourth-order valence-corrected chi connectivity index (χ4v) is 2.54. The summed E-state index contributed by atoms with van der Waals surface area (Å²) in [5.74, 6) is 0.479. The van der Waals surface area contributed by atoms with E-state index in [1.54, 1.807) is 11.7 Å². The van der Waals surface area contributed by atoms with Gasteiger partial charge in [-0.15, -0.1) is 0 Å². The van der Waals surface area contributed by atoms with Crippen molar-refractivity contribution in [2.24, 2.45) is 7.05 Å². The van der Waals surface area contributed by atoms with Gasteiger partial charge in [-0.05, 0) is 25.7 Å². The normalized spacial score (nSPS) is 19.0. The number of anilines is 1. The van der Waals surface area contributed by atoms with Crippen LogP contribution in [0.2, 0.25) is 0 Å². The van der Waals surface area contributed by atoms with Gasteiger partial charge in [0.2, 0.25) is 5.82 Å². The molecule has 1 fully saturated rings. The molecule has 1 aliphatic rings. The van der Waals surface area contributed by atoms with Crippen LogP contribution in [0.4, 0.5) is 11.5 Å². The molecule has 0 spiro atoms. The van der Waals surface area contributed by atoms with Crippen LogP contribution in [0.1, 0.15) is 38.3 Å². The van der Waals surface area contributed by atoms with E-state index >= 15 is 0 Å². The minimum Gasteiger partial charge on any atom is -0.376 e. The smallest absolute Gasteiger partial charge is 0.333 e. The van der Waals surface area contributed by atoms with Crippen LogP contribution in [0.3, 0.4) is 0 Å². The van der Waals surface area contributed by atoms with Crippen molar-refractivity contribution >= 4 is 11.5 Å². The third-order valence-corrected chi connectivity index (χ3v) is 3.53. The molecule has 1 unspecified atom stereocenters. The number of nitro groups is 1. The Morgan fingerprint density at radius 2 is 2.35 bits per heavy atom. The van der Waals surface area contributed by atoms with Crippen molar-refractivity contribution in [3.8, 4) is 0 Å². The first kappa shape index (κ1) is 14.8. The average molecular weight is 282 g/mol. The Morgan fingerprint density at radius 3 is 2.95 bits per heavy atom. The van der Waals surface area contributed by atoms with Gasteiger partial charge in [-0.1, -0.05) is 13.3 Å². The molecule has 1 N–H and O–H groups in total. The zero-order chi connectivity index (χ0) is 14.5. The number of hydrogen-bond acceptors (Lipinski definition) is 5. The van der Waals surface area contributed by atoms with Crippen LogP contribution in [-0.4, -0.2) is 34.0 Å². The maximum atomic E-state index is 11.3. The van der Waals surface area contributed by atoms with Gasteiger partial charge in [0, 0.05) is 20.2 Å². The Morgan fingerprint density at radius 1 is 1.55 bits per heavy atom. The first-order valence-electron chi connectivity index (χ1n) is 7.19. The first-order valence-corrected chi connectivity index (χ1v) is 7.19. The predicted molar refractivity (Wildman–Crippen MR) is 75.9 cm³/mol. The van der Waals surface area contributed by atoms with Gasteiger partial charge in [-0.3, -0.25) is 10.1 Å². The summed E-state index contributed by atoms with van der Waals surface area (Å²) in [5.41, 5.74) is 0.650. The number of hydrogen-bond donors (Lipinski definition) is 1. The molecule has 0 aliphatic carbocycles. The van der Waals surface area contributed by atoms with Crippen molar-refractivity contribution in [3.63, 3.8) is 0 Å². The summed E-state index contributed by atoms with van der Waals surface area (Å²) < 4.78 is 7.19. The third kappa shape index (κ3) is 3.27. The Hall–Kier alpha value is -1.63. The van der Waals surface area contributed by atoms with E-state index in [2.05, 4.69) is 10.4 Å². The van der Waals surface area contributed by atoms with Gasteiger partial charge in [0.05, 0.1) is 11.0 Å². The lowest BCUT2D eigenvalue weighted by Crippen LogP contribution is -2.27. The van der Waals surface area contributed by atoms with Crippen molar-refractivity contribution in [2.75, 3.05) is 18.5 Å². The molecule has 1 saturated heterocycles. The molecule has 2 rings (SSSR count). The molecule has 7 heteroatoms. The van der Waals surface area contributed by atoms with Crippen LogP contribution in [0, 0.1) is 10.1 Å². The highest BCUT2D eigenvalue weighted by atomic mass is 16.6. The van der Waals surface area contributed by atoms with Gasteiger partial charge < -0.3 is 10.1 Å². The lowest BCUT2D eigenvalue weighted by Gasteiger charge is -2.22. The molecular weight excluding hydrogens is 260 g/mol. The van der Waals surface area contributed by atoms with Gasteiger partial charge in [-0.25, -0.2) is 4.68 Å². The van der Waals surface area contributed by atoms with Gasteiger partial charge in [-0.2, -0.15) is 5.10 Å². The highest BCUT2D eigenvalue weighted by Crippen LogP contribution is 2.29. The zero-order valence-corrected chi connectivity index (χ0v) is 12.1. The second-order valence-electron chi connectivity index (χ2n) is 5.14. The molecule has 1 aromatic rings. The Bertz CT molecular complexity index is 466. The Kier molecular flexibility index (Phi) is 4.94. The average Bonchev–Trinajstić information content (AvgIpc) is 2.74. The molecule has 0 saturated carbocycles. The molecule has 0 amide bonds. The summed E-state index contributed by atoms with van der Waals surface area (Å²) in [6, 6.07) is 0. The number of nitrogens with one attached hydrogen (secondary N) is 1. The van der Waals surface area contributed by atoms with Gasteiger partial charge in [0.15, 0.2) is 0 Å². The number of rotatable bonds is 6. The molecule has 1 aromatic heterocycles. The summed E-state index contributed by atoms with van der Waals surface area (Å²) in [4.78, 5) is 10.9. The lowest BCUT2D eigenvalue weighted by atomic mass is 10.1. The van der Waals surface area contributed by atoms with Crippen molar-refractivity contribution < 1.29 is 9.66 Å². The van der Waals surface area contributed by atoms with E-state index in [1.165, 1.54) is 0 Å². The van der Waals surface area contributed by atoms with E-state index in [0.717, 1.165) is 32.3 Å². The quantitative estimate of drug-likeness (QED) is 0.639. The first-order chi connectivity index (χ1) is 9.63. The fraction of sp³-hybridized carbons (Fsp3) is 0.769. The molecular formula is C13H22N4O3.